The smallest absolute Gasteiger partial charge is 0.339 e. The molecular weight excluding hydrogens is 338 g/mol. The van der Waals surface area contributed by atoms with E-state index in [2.05, 4.69) is 5.32 Å². The Morgan fingerprint density at radius 2 is 1.70 bits per heavy atom. The summed E-state index contributed by atoms with van der Waals surface area (Å²) >= 11 is 0. The van der Waals surface area contributed by atoms with Gasteiger partial charge in [0, 0.05) is 18.0 Å². The molecular formula is C23H25NO3. The van der Waals surface area contributed by atoms with Crippen LogP contribution in [0.15, 0.2) is 48.5 Å². The quantitative estimate of drug-likeness (QED) is 0.641. The lowest BCUT2D eigenvalue weighted by Crippen LogP contribution is -2.34. The molecule has 0 saturated heterocycles. The lowest BCUT2D eigenvalue weighted by molar-refractivity contribution is 0.0252. The maximum Gasteiger partial charge on any atom is 0.339 e. The van der Waals surface area contributed by atoms with Gasteiger partial charge in [-0.3, -0.25) is 4.79 Å². The highest BCUT2D eigenvalue weighted by atomic mass is 16.5. The predicted octanol–water partition coefficient (Wildman–Crippen LogP) is 4.59. The van der Waals surface area contributed by atoms with Crippen LogP contribution in [0.5, 0.6) is 0 Å². The molecule has 1 heterocycles. The minimum absolute atomic E-state index is 0.0418. The summed E-state index contributed by atoms with van der Waals surface area (Å²) in [7, 11) is 0. The third-order valence-corrected chi connectivity index (χ3v) is 5.60. The lowest BCUT2D eigenvalue weighted by Gasteiger charge is -2.25. The third-order valence-electron chi connectivity index (χ3n) is 5.60. The molecule has 4 nitrogen and oxygen atoms in total. The van der Waals surface area contributed by atoms with Crippen molar-refractivity contribution in [2.24, 2.45) is 0 Å². The van der Waals surface area contributed by atoms with Gasteiger partial charge in [-0.05, 0) is 42.2 Å². The fraction of sp³-hybridized carbons (Fsp3) is 0.391. The van der Waals surface area contributed by atoms with Gasteiger partial charge in [-0.1, -0.05) is 56.0 Å². The van der Waals surface area contributed by atoms with Gasteiger partial charge in [0.2, 0.25) is 0 Å². The Kier molecular flexibility index (Phi) is 5.23. The minimum Gasteiger partial charge on any atom is -0.454 e. The van der Waals surface area contributed by atoms with Crippen LogP contribution in [0.2, 0.25) is 0 Å². The third kappa shape index (κ3) is 4.05. The number of fused-ring (bicyclic) bond motifs is 1. The average molecular weight is 363 g/mol. The minimum atomic E-state index is -0.319. The fourth-order valence-corrected chi connectivity index (χ4v) is 4.08. The van der Waals surface area contributed by atoms with Crippen molar-refractivity contribution in [2.75, 3.05) is 0 Å². The van der Waals surface area contributed by atoms with Crippen LogP contribution in [0.4, 0.5) is 0 Å². The second-order valence-corrected chi connectivity index (χ2v) is 7.54. The highest BCUT2D eigenvalue weighted by Gasteiger charge is 2.28. The van der Waals surface area contributed by atoms with Crippen LogP contribution in [0.3, 0.4) is 0 Å². The van der Waals surface area contributed by atoms with Gasteiger partial charge >= 0.3 is 5.97 Å². The van der Waals surface area contributed by atoms with Crippen molar-refractivity contribution in [1.82, 2.24) is 5.32 Å². The van der Waals surface area contributed by atoms with Gasteiger partial charge < -0.3 is 10.1 Å². The number of carbonyl (C=O) groups is 2. The van der Waals surface area contributed by atoms with Crippen molar-refractivity contribution in [2.45, 2.75) is 57.1 Å². The molecule has 1 N–H and O–H groups in total. The van der Waals surface area contributed by atoms with Crippen LogP contribution in [-0.2, 0) is 11.2 Å². The summed E-state index contributed by atoms with van der Waals surface area (Å²) in [6.07, 6.45) is 7.28. The van der Waals surface area contributed by atoms with E-state index in [-0.39, 0.29) is 24.0 Å². The second kappa shape index (κ2) is 7.95. The molecule has 0 aromatic heterocycles. The number of benzene rings is 2. The van der Waals surface area contributed by atoms with Crippen molar-refractivity contribution in [3.05, 3.63) is 70.8 Å². The van der Waals surface area contributed by atoms with Crippen LogP contribution in [-0.4, -0.2) is 17.9 Å². The lowest BCUT2D eigenvalue weighted by atomic mass is 9.93. The first kappa shape index (κ1) is 17.8. The van der Waals surface area contributed by atoms with Crippen LogP contribution in [0.25, 0.3) is 0 Å². The SMILES string of the molecule is O=C(NC1CCCCCC1)c1ccc2c(c1)C[C@@H](c1ccccc1)OC2=O. The first-order valence-electron chi connectivity index (χ1n) is 9.90. The molecule has 2 aromatic rings. The molecule has 0 unspecified atom stereocenters. The average Bonchev–Trinajstić information content (AvgIpc) is 2.97. The highest BCUT2D eigenvalue weighted by molar-refractivity contribution is 5.97. The summed E-state index contributed by atoms with van der Waals surface area (Å²) in [4.78, 5) is 25.1. The summed E-state index contributed by atoms with van der Waals surface area (Å²) in [5.41, 5.74) is 3.05. The van der Waals surface area contributed by atoms with E-state index in [9.17, 15) is 9.59 Å². The van der Waals surface area contributed by atoms with E-state index in [1.54, 1.807) is 12.1 Å². The number of esters is 1. The van der Waals surface area contributed by atoms with Gasteiger partial charge in [-0.25, -0.2) is 4.79 Å². The standard InChI is InChI=1S/C23H25NO3/c25-22(24-19-10-6-1-2-7-11-19)17-12-13-20-18(14-17)15-21(27-23(20)26)16-8-4-3-5-9-16/h3-5,8-9,12-14,19,21H,1-2,6-7,10-11,15H2,(H,24,25)/t21-/m0/s1. The van der Waals surface area contributed by atoms with Crippen molar-refractivity contribution in [1.29, 1.82) is 0 Å². The molecule has 1 fully saturated rings. The Bertz CT molecular complexity index is 823. The number of nitrogens with one attached hydrogen (secondary N) is 1. The fourth-order valence-electron chi connectivity index (χ4n) is 4.08. The molecule has 2 aliphatic rings. The van der Waals surface area contributed by atoms with Gasteiger partial charge in [-0.2, -0.15) is 0 Å². The largest absolute Gasteiger partial charge is 0.454 e. The van der Waals surface area contributed by atoms with Crippen LogP contribution in [0, 0.1) is 0 Å². The molecule has 0 radical (unpaired) electrons. The van der Waals surface area contributed by atoms with Gasteiger partial charge in [0.15, 0.2) is 0 Å². The molecule has 1 saturated carbocycles. The number of cyclic esters (lactones) is 1. The number of rotatable bonds is 3. The van der Waals surface area contributed by atoms with E-state index in [0.717, 1.165) is 24.0 Å². The Morgan fingerprint density at radius 1 is 0.963 bits per heavy atom. The van der Waals surface area contributed by atoms with Crippen molar-refractivity contribution < 1.29 is 14.3 Å². The zero-order valence-electron chi connectivity index (χ0n) is 15.4. The zero-order valence-corrected chi connectivity index (χ0v) is 15.4. The summed E-state index contributed by atoms with van der Waals surface area (Å²) in [6.45, 7) is 0. The predicted molar refractivity (Wildman–Crippen MR) is 104 cm³/mol. The first-order chi connectivity index (χ1) is 13.2. The molecule has 1 amide bonds. The Hall–Kier alpha value is -2.62. The van der Waals surface area contributed by atoms with Crippen molar-refractivity contribution in [3.8, 4) is 0 Å². The molecule has 4 rings (SSSR count). The van der Waals surface area contributed by atoms with Crippen LogP contribution >= 0.6 is 0 Å². The van der Waals surface area contributed by atoms with E-state index in [1.807, 2.05) is 36.4 Å². The highest BCUT2D eigenvalue weighted by Crippen LogP contribution is 2.31. The van der Waals surface area contributed by atoms with Gasteiger partial charge in [0.1, 0.15) is 6.10 Å². The molecule has 1 aliphatic carbocycles. The normalized spacial score (nSPS) is 20.3. The van der Waals surface area contributed by atoms with E-state index in [4.69, 9.17) is 4.74 Å². The molecule has 0 spiro atoms. The number of hydrogen-bond donors (Lipinski definition) is 1. The maximum absolute atomic E-state index is 12.7. The molecule has 140 valence electrons. The molecule has 0 bridgehead atoms. The molecule has 4 heteroatoms. The molecule has 2 aromatic carbocycles. The van der Waals surface area contributed by atoms with Gasteiger partial charge in [0.25, 0.3) is 5.91 Å². The van der Waals surface area contributed by atoms with Crippen molar-refractivity contribution in [3.63, 3.8) is 0 Å². The Morgan fingerprint density at radius 3 is 2.44 bits per heavy atom. The number of amides is 1. The Labute approximate surface area is 159 Å². The number of ether oxygens (including phenoxy) is 1. The summed E-state index contributed by atoms with van der Waals surface area (Å²) < 4.78 is 5.60. The van der Waals surface area contributed by atoms with Gasteiger partial charge in [0.05, 0.1) is 5.56 Å². The van der Waals surface area contributed by atoms with Crippen molar-refractivity contribution >= 4 is 11.9 Å². The van der Waals surface area contributed by atoms with Crippen LogP contribution < -0.4 is 5.32 Å². The van der Waals surface area contributed by atoms with Crippen LogP contribution in [0.1, 0.15) is 76.5 Å². The summed E-state index contributed by atoms with van der Waals surface area (Å²) in [5, 5.41) is 3.18. The molecule has 27 heavy (non-hydrogen) atoms. The van der Waals surface area contributed by atoms with E-state index < -0.39 is 0 Å². The topological polar surface area (TPSA) is 55.4 Å². The second-order valence-electron chi connectivity index (χ2n) is 7.54. The zero-order chi connectivity index (χ0) is 18.6. The van der Waals surface area contributed by atoms with E-state index in [0.29, 0.717) is 17.5 Å². The Balaban J connectivity index is 1.52. The molecule has 1 atom stereocenters. The number of hydrogen-bond acceptors (Lipinski definition) is 3. The maximum atomic E-state index is 12.7. The summed E-state index contributed by atoms with van der Waals surface area (Å²) in [5.74, 6) is -0.360. The monoisotopic (exact) mass is 363 g/mol. The van der Waals surface area contributed by atoms with Gasteiger partial charge in [-0.15, -0.1) is 0 Å². The number of carbonyl (C=O) groups excluding carboxylic acids is 2. The summed E-state index contributed by atoms with van der Waals surface area (Å²) in [6, 6.07) is 15.3. The first-order valence-corrected chi connectivity index (χ1v) is 9.90. The van der Waals surface area contributed by atoms with E-state index in [1.165, 1.54) is 25.7 Å². The molecule has 1 aliphatic heterocycles. The van der Waals surface area contributed by atoms with E-state index >= 15 is 0 Å².